The van der Waals surface area contributed by atoms with E-state index in [2.05, 4.69) is 35.5 Å². The van der Waals surface area contributed by atoms with E-state index in [9.17, 15) is 8.78 Å². The normalized spacial score (nSPS) is 11.7. The average Bonchev–Trinajstić information content (AvgIpc) is 3.08. The van der Waals surface area contributed by atoms with E-state index in [1.165, 1.54) is 19.2 Å². The lowest BCUT2D eigenvalue weighted by Crippen LogP contribution is -2.23. The number of nitrogens with two attached hydrogens (primary N) is 1. The Morgan fingerprint density at radius 3 is 2.53 bits per heavy atom. The van der Waals surface area contributed by atoms with Crippen molar-refractivity contribution in [2.45, 2.75) is 31.2 Å². The van der Waals surface area contributed by atoms with Gasteiger partial charge < -0.3 is 19.8 Å². The van der Waals surface area contributed by atoms with Gasteiger partial charge in [-0.1, -0.05) is 6.07 Å². The highest BCUT2D eigenvalue weighted by molar-refractivity contribution is 8.00. The minimum absolute atomic E-state index is 0.162. The van der Waals surface area contributed by atoms with Crippen molar-refractivity contribution >= 4 is 34.6 Å². The second-order valence-electron chi connectivity index (χ2n) is 8.24. The molecule has 0 atom stereocenters. The third-order valence-electron chi connectivity index (χ3n) is 4.90. The second-order valence-corrected chi connectivity index (χ2v) is 9.09. The standard InChI is InChI=1S/C23H23F2N5OS/c1-23(2,3)30-19-9-13(5-7-18(19)28-22(30)26)14-10-20(21(31-4)27-12-14)32-29-17-8-6-15(24)11-16(17)25/h5-12,29H,1-4H3,(H2,26,28). The van der Waals surface area contributed by atoms with Gasteiger partial charge in [0.05, 0.1) is 28.7 Å². The maximum Gasteiger partial charge on any atom is 0.228 e. The molecule has 2 heterocycles. The Labute approximate surface area is 189 Å². The molecular weight excluding hydrogens is 432 g/mol. The molecule has 0 spiro atoms. The number of nitrogens with one attached hydrogen (secondary N) is 1. The molecule has 2 aromatic heterocycles. The SMILES string of the molecule is COc1ncc(-c2ccc3nc(N)n(C(C)(C)C)c3c2)cc1SNc1ccc(F)cc1F. The molecule has 0 aliphatic rings. The summed E-state index contributed by atoms with van der Waals surface area (Å²) < 4.78 is 37.4. The first-order chi connectivity index (χ1) is 15.2. The number of imidazole rings is 1. The Balaban J connectivity index is 1.71. The number of hydrogen-bond donors (Lipinski definition) is 2. The third kappa shape index (κ3) is 4.20. The number of aromatic nitrogens is 3. The first-order valence-electron chi connectivity index (χ1n) is 9.88. The molecule has 9 heteroatoms. The summed E-state index contributed by atoms with van der Waals surface area (Å²) in [6, 6.07) is 11.2. The number of ether oxygens (including phenoxy) is 1. The number of anilines is 2. The molecule has 166 valence electrons. The highest BCUT2D eigenvalue weighted by Crippen LogP contribution is 2.35. The van der Waals surface area contributed by atoms with Crippen LogP contribution in [0.2, 0.25) is 0 Å². The summed E-state index contributed by atoms with van der Waals surface area (Å²) in [6.07, 6.45) is 1.71. The molecule has 0 saturated heterocycles. The van der Waals surface area contributed by atoms with Crippen LogP contribution < -0.4 is 15.2 Å². The van der Waals surface area contributed by atoms with Crippen LogP contribution in [0.4, 0.5) is 20.4 Å². The van der Waals surface area contributed by atoms with Crippen LogP contribution in [0.15, 0.2) is 53.6 Å². The van der Waals surface area contributed by atoms with Gasteiger partial charge >= 0.3 is 0 Å². The summed E-state index contributed by atoms with van der Waals surface area (Å²) in [7, 11) is 1.52. The monoisotopic (exact) mass is 455 g/mol. The number of benzene rings is 2. The Bertz CT molecular complexity index is 1300. The molecule has 0 aliphatic heterocycles. The van der Waals surface area contributed by atoms with E-state index in [4.69, 9.17) is 10.5 Å². The van der Waals surface area contributed by atoms with Crippen molar-refractivity contribution < 1.29 is 13.5 Å². The largest absolute Gasteiger partial charge is 0.480 e. The van der Waals surface area contributed by atoms with Gasteiger partial charge in [-0.3, -0.25) is 0 Å². The highest BCUT2D eigenvalue weighted by atomic mass is 32.2. The zero-order valence-electron chi connectivity index (χ0n) is 18.1. The number of hydrogen-bond acceptors (Lipinski definition) is 6. The van der Waals surface area contributed by atoms with Crippen LogP contribution in [-0.4, -0.2) is 21.6 Å². The summed E-state index contributed by atoms with van der Waals surface area (Å²) in [5.74, 6) is -0.470. The Hall–Kier alpha value is -3.33. The van der Waals surface area contributed by atoms with Crippen LogP contribution in [0.25, 0.3) is 22.2 Å². The number of rotatable bonds is 5. The summed E-state index contributed by atoms with van der Waals surface area (Å²) in [5.41, 5.74) is 9.59. The zero-order chi connectivity index (χ0) is 23.0. The fourth-order valence-corrected chi connectivity index (χ4v) is 4.27. The van der Waals surface area contributed by atoms with Crippen LogP contribution in [-0.2, 0) is 5.54 Å². The van der Waals surface area contributed by atoms with Crippen molar-refractivity contribution in [2.24, 2.45) is 0 Å². The lowest BCUT2D eigenvalue weighted by atomic mass is 10.1. The molecule has 0 radical (unpaired) electrons. The summed E-state index contributed by atoms with van der Waals surface area (Å²) in [6.45, 7) is 6.21. The lowest BCUT2D eigenvalue weighted by Gasteiger charge is -2.23. The predicted octanol–water partition coefficient (Wildman–Crippen LogP) is 5.84. The highest BCUT2D eigenvalue weighted by Gasteiger charge is 2.20. The average molecular weight is 456 g/mol. The van der Waals surface area contributed by atoms with E-state index < -0.39 is 11.6 Å². The third-order valence-corrected chi connectivity index (χ3v) is 5.73. The molecule has 0 unspecified atom stereocenters. The molecule has 4 rings (SSSR count). The summed E-state index contributed by atoms with van der Waals surface area (Å²) >= 11 is 1.13. The maximum atomic E-state index is 14.0. The molecule has 32 heavy (non-hydrogen) atoms. The van der Waals surface area contributed by atoms with Gasteiger partial charge in [-0.25, -0.2) is 18.7 Å². The number of halogens is 2. The van der Waals surface area contributed by atoms with Gasteiger partial charge in [0.2, 0.25) is 11.8 Å². The lowest BCUT2D eigenvalue weighted by molar-refractivity contribution is 0.387. The van der Waals surface area contributed by atoms with Crippen LogP contribution in [0, 0.1) is 11.6 Å². The van der Waals surface area contributed by atoms with Crippen LogP contribution in [0.1, 0.15) is 20.8 Å². The van der Waals surface area contributed by atoms with Gasteiger partial charge in [-0.2, -0.15) is 0 Å². The van der Waals surface area contributed by atoms with E-state index in [-0.39, 0.29) is 11.2 Å². The van der Waals surface area contributed by atoms with Crippen LogP contribution in [0.3, 0.4) is 0 Å². The smallest absolute Gasteiger partial charge is 0.228 e. The Morgan fingerprint density at radius 2 is 1.84 bits per heavy atom. The van der Waals surface area contributed by atoms with Crippen molar-refractivity contribution in [1.82, 2.24) is 14.5 Å². The number of nitrogens with zero attached hydrogens (tertiary/aromatic N) is 3. The van der Waals surface area contributed by atoms with Gasteiger partial charge in [0.1, 0.15) is 11.6 Å². The van der Waals surface area contributed by atoms with Crippen molar-refractivity contribution in [3.8, 4) is 17.0 Å². The number of pyridine rings is 1. The van der Waals surface area contributed by atoms with Gasteiger partial charge in [0, 0.05) is 23.4 Å². The van der Waals surface area contributed by atoms with E-state index in [1.807, 2.05) is 28.8 Å². The number of methoxy groups -OCH3 is 1. The van der Waals surface area contributed by atoms with Crippen LogP contribution in [0.5, 0.6) is 5.88 Å². The molecule has 0 amide bonds. The second kappa shape index (κ2) is 8.31. The topological polar surface area (TPSA) is 78.0 Å². The molecular formula is C23H23F2N5OS. The zero-order valence-corrected chi connectivity index (χ0v) is 18.9. The van der Waals surface area contributed by atoms with Crippen LogP contribution >= 0.6 is 11.9 Å². The molecule has 0 bridgehead atoms. The first kappa shape index (κ1) is 21.9. The van der Waals surface area contributed by atoms with Gasteiger partial charge in [-0.05, 0) is 68.6 Å². The predicted molar refractivity (Wildman–Crippen MR) is 125 cm³/mol. The molecule has 4 aromatic rings. The van der Waals surface area contributed by atoms with Crippen molar-refractivity contribution in [3.63, 3.8) is 0 Å². The quantitative estimate of drug-likeness (QED) is 0.368. The number of nitrogen functional groups attached to an aromatic ring is 1. The van der Waals surface area contributed by atoms with Crippen molar-refractivity contribution in [2.75, 3.05) is 17.6 Å². The summed E-state index contributed by atoms with van der Waals surface area (Å²) in [5, 5.41) is 0. The van der Waals surface area contributed by atoms with Crippen molar-refractivity contribution in [3.05, 3.63) is 60.3 Å². The molecule has 3 N–H and O–H groups in total. The van der Waals surface area contributed by atoms with E-state index in [1.54, 1.807) is 6.20 Å². The fourth-order valence-electron chi connectivity index (χ4n) is 3.48. The molecule has 6 nitrogen and oxygen atoms in total. The van der Waals surface area contributed by atoms with E-state index in [0.29, 0.717) is 16.7 Å². The van der Waals surface area contributed by atoms with E-state index >= 15 is 0 Å². The number of fused-ring (bicyclic) bond motifs is 1. The molecule has 0 aliphatic carbocycles. The molecule has 0 saturated carbocycles. The van der Waals surface area contributed by atoms with Gasteiger partial charge in [0.15, 0.2) is 0 Å². The maximum absolute atomic E-state index is 14.0. The van der Waals surface area contributed by atoms with Gasteiger partial charge in [0.25, 0.3) is 0 Å². The minimum atomic E-state index is -0.681. The Kier molecular flexibility index (Phi) is 5.68. The Morgan fingerprint density at radius 1 is 1.06 bits per heavy atom. The minimum Gasteiger partial charge on any atom is -0.480 e. The van der Waals surface area contributed by atoms with E-state index in [0.717, 1.165) is 40.2 Å². The first-order valence-corrected chi connectivity index (χ1v) is 10.7. The van der Waals surface area contributed by atoms with Gasteiger partial charge in [-0.15, -0.1) is 0 Å². The molecule has 0 fully saturated rings. The fraction of sp³-hybridized carbons (Fsp3) is 0.217. The summed E-state index contributed by atoms with van der Waals surface area (Å²) in [4.78, 5) is 9.51. The molecule has 2 aromatic carbocycles. The van der Waals surface area contributed by atoms with Crippen molar-refractivity contribution in [1.29, 1.82) is 0 Å².